The summed E-state index contributed by atoms with van der Waals surface area (Å²) in [5.41, 5.74) is 1.94. The fraction of sp³-hybridized carbons (Fsp3) is 0.350. The third-order valence-corrected chi connectivity index (χ3v) is 7.49. The molecule has 0 unspecified atom stereocenters. The summed E-state index contributed by atoms with van der Waals surface area (Å²) in [4.78, 5) is 11.9. The molecule has 6 nitrogen and oxygen atoms in total. The lowest BCUT2D eigenvalue weighted by Gasteiger charge is -2.24. The van der Waals surface area contributed by atoms with Crippen molar-refractivity contribution in [1.82, 2.24) is 8.87 Å². The van der Waals surface area contributed by atoms with Crippen LogP contribution in [0, 0.1) is 0 Å². The number of aromatic nitrogens is 1. The van der Waals surface area contributed by atoms with Crippen molar-refractivity contribution in [3.05, 3.63) is 63.6 Å². The Bertz CT molecular complexity index is 1170. The van der Waals surface area contributed by atoms with Crippen LogP contribution in [-0.2, 0) is 17.1 Å². The number of benzene rings is 2. The van der Waals surface area contributed by atoms with Gasteiger partial charge in [-0.15, -0.1) is 0 Å². The third kappa shape index (κ3) is 3.50. The predicted molar refractivity (Wildman–Crippen MR) is 108 cm³/mol. The Hall–Kier alpha value is -2.09. The topological polar surface area (TPSA) is 72.5 Å². The number of sulfonamides is 1. The minimum absolute atomic E-state index is 0.122. The zero-order valence-corrected chi connectivity index (χ0v) is 17.0. The van der Waals surface area contributed by atoms with E-state index in [4.69, 9.17) is 16.0 Å². The lowest BCUT2D eigenvalue weighted by Crippen LogP contribution is -2.34. The van der Waals surface area contributed by atoms with Gasteiger partial charge in [0.2, 0.25) is 10.0 Å². The molecule has 2 heterocycles. The Balaban J connectivity index is 1.68. The van der Waals surface area contributed by atoms with E-state index in [0.717, 1.165) is 24.8 Å². The molecule has 0 aliphatic carbocycles. The Morgan fingerprint density at radius 2 is 1.86 bits per heavy atom. The van der Waals surface area contributed by atoms with Crippen molar-refractivity contribution < 1.29 is 12.8 Å². The Morgan fingerprint density at radius 3 is 2.61 bits per heavy atom. The summed E-state index contributed by atoms with van der Waals surface area (Å²) in [7, 11) is -2.12. The van der Waals surface area contributed by atoms with Crippen LogP contribution in [0.15, 0.2) is 56.6 Å². The van der Waals surface area contributed by atoms with Gasteiger partial charge in [0.25, 0.3) is 0 Å². The van der Waals surface area contributed by atoms with Crippen LogP contribution in [0.3, 0.4) is 0 Å². The standard InChI is InChI=1S/C20H21ClN2O4S/c1-22-18-12-17(9-10-19(18)27-20(22)24)28(25,26)23-11-3-2-4-15(13-23)14-5-7-16(21)8-6-14/h5-10,12,15H,2-4,11,13H2,1H3/t15-/m1/s1. The number of hydrogen-bond donors (Lipinski definition) is 0. The van der Waals surface area contributed by atoms with Crippen LogP contribution < -0.4 is 5.76 Å². The van der Waals surface area contributed by atoms with E-state index in [9.17, 15) is 13.2 Å². The lowest BCUT2D eigenvalue weighted by atomic mass is 9.95. The molecular formula is C20H21ClN2O4S. The van der Waals surface area contributed by atoms with E-state index in [1.807, 2.05) is 24.3 Å². The Morgan fingerprint density at radius 1 is 1.11 bits per heavy atom. The molecule has 1 saturated heterocycles. The van der Waals surface area contributed by atoms with Gasteiger partial charge in [-0.3, -0.25) is 4.57 Å². The van der Waals surface area contributed by atoms with Gasteiger partial charge in [-0.1, -0.05) is 30.2 Å². The molecule has 1 aliphatic rings. The largest absolute Gasteiger partial charge is 0.419 e. The van der Waals surface area contributed by atoms with Gasteiger partial charge >= 0.3 is 5.76 Å². The van der Waals surface area contributed by atoms with Crippen LogP contribution >= 0.6 is 11.6 Å². The van der Waals surface area contributed by atoms with Gasteiger partial charge < -0.3 is 4.42 Å². The molecule has 4 rings (SSSR count). The van der Waals surface area contributed by atoms with Gasteiger partial charge in [0, 0.05) is 25.2 Å². The van der Waals surface area contributed by atoms with Crippen LogP contribution in [0.5, 0.6) is 0 Å². The number of fused-ring (bicyclic) bond motifs is 1. The van der Waals surface area contributed by atoms with Gasteiger partial charge in [-0.05, 0) is 54.7 Å². The maximum Gasteiger partial charge on any atom is 0.419 e. The Kier molecular flexibility index (Phi) is 5.07. The summed E-state index contributed by atoms with van der Waals surface area (Å²) in [6.45, 7) is 0.904. The van der Waals surface area contributed by atoms with E-state index < -0.39 is 15.8 Å². The smallest absolute Gasteiger partial charge is 0.408 e. The summed E-state index contributed by atoms with van der Waals surface area (Å²) in [5.74, 6) is -0.390. The van der Waals surface area contributed by atoms with Gasteiger partial charge in [-0.2, -0.15) is 4.31 Å². The van der Waals surface area contributed by atoms with Crippen molar-refractivity contribution in [3.8, 4) is 0 Å². The molecule has 28 heavy (non-hydrogen) atoms. The first-order valence-corrected chi connectivity index (χ1v) is 11.0. The minimum atomic E-state index is -3.68. The molecule has 1 atom stereocenters. The molecule has 0 bridgehead atoms. The number of nitrogens with zero attached hydrogens (tertiary/aromatic N) is 2. The average molecular weight is 421 g/mol. The number of halogens is 1. The SMILES string of the molecule is Cn1c(=O)oc2ccc(S(=O)(=O)N3CCCC[C@@H](c4ccc(Cl)cc4)C3)cc21. The number of aryl methyl sites for hydroxylation is 1. The highest BCUT2D eigenvalue weighted by atomic mass is 35.5. The maximum absolute atomic E-state index is 13.3. The highest BCUT2D eigenvalue weighted by Gasteiger charge is 2.30. The highest BCUT2D eigenvalue weighted by Crippen LogP contribution is 2.31. The quantitative estimate of drug-likeness (QED) is 0.647. The summed E-state index contributed by atoms with van der Waals surface area (Å²) < 4.78 is 34.6. The predicted octanol–water partition coefficient (Wildman–Crippen LogP) is 3.74. The molecule has 0 saturated carbocycles. The van der Waals surface area contributed by atoms with E-state index in [1.54, 1.807) is 11.4 Å². The van der Waals surface area contributed by atoms with Crippen LogP contribution in [-0.4, -0.2) is 30.4 Å². The van der Waals surface area contributed by atoms with Crippen LogP contribution in [0.1, 0.15) is 30.7 Å². The second-order valence-electron chi connectivity index (χ2n) is 7.16. The van der Waals surface area contributed by atoms with E-state index in [1.165, 1.54) is 22.8 Å². The second kappa shape index (κ2) is 7.39. The van der Waals surface area contributed by atoms with Gasteiger partial charge in [0.05, 0.1) is 10.4 Å². The van der Waals surface area contributed by atoms with Crippen molar-refractivity contribution in [1.29, 1.82) is 0 Å². The molecule has 2 aromatic carbocycles. The van der Waals surface area contributed by atoms with Crippen molar-refractivity contribution in [3.63, 3.8) is 0 Å². The maximum atomic E-state index is 13.3. The van der Waals surface area contributed by atoms with Gasteiger partial charge in [0.1, 0.15) is 0 Å². The molecule has 0 amide bonds. The van der Waals surface area contributed by atoms with Crippen LogP contribution in [0.4, 0.5) is 0 Å². The summed E-state index contributed by atoms with van der Waals surface area (Å²) in [6.07, 6.45) is 2.72. The first kappa shape index (κ1) is 19.2. The molecule has 148 valence electrons. The monoisotopic (exact) mass is 420 g/mol. The third-order valence-electron chi connectivity index (χ3n) is 5.38. The summed E-state index contributed by atoms with van der Waals surface area (Å²) in [6, 6.07) is 12.2. The van der Waals surface area contributed by atoms with Crippen molar-refractivity contribution in [2.24, 2.45) is 7.05 Å². The molecule has 3 aromatic rings. The molecule has 0 radical (unpaired) electrons. The lowest BCUT2D eigenvalue weighted by molar-refractivity contribution is 0.406. The van der Waals surface area contributed by atoms with Crippen molar-refractivity contribution >= 4 is 32.7 Å². The van der Waals surface area contributed by atoms with E-state index in [2.05, 4.69) is 0 Å². The average Bonchev–Trinajstić information content (AvgIpc) is 2.86. The van der Waals surface area contributed by atoms with Gasteiger partial charge in [-0.25, -0.2) is 13.2 Å². The molecule has 1 fully saturated rings. The van der Waals surface area contributed by atoms with Crippen molar-refractivity contribution in [2.45, 2.75) is 30.1 Å². The zero-order chi connectivity index (χ0) is 19.9. The zero-order valence-electron chi connectivity index (χ0n) is 15.5. The number of oxazole rings is 1. The normalized spacial score (nSPS) is 19.0. The summed E-state index contributed by atoms with van der Waals surface area (Å²) in [5, 5.41) is 0.667. The fourth-order valence-electron chi connectivity index (χ4n) is 3.75. The second-order valence-corrected chi connectivity index (χ2v) is 9.54. The minimum Gasteiger partial charge on any atom is -0.408 e. The molecule has 0 N–H and O–H groups in total. The van der Waals surface area contributed by atoms with Crippen LogP contribution in [0.2, 0.25) is 5.02 Å². The molecule has 0 spiro atoms. The first-order chi connectivity index (χ1) is 13.4. The van der Waals surface area contributed by atoms with E-state index >= 15 is 0 Å². The molecule has 8 heteroatoms. The van der Waals surface area contributed by atoms with E-state index in [0.29, 0.717) is 29.2 Å². The van der Waals surface area contributed by atoms with E-state index in [-0.39, 0.29) is 10.8 Å². The highest BCUT2D eigenvalue weighted by molar-refractivity contribution is 7.89. The molecule has 1 aromatic heterocycles. The molecule has 1 aliphatic heterocycles. The van der Waals surface area contributed by atoms with Crippen LogP contribution in [0.25, 0.3) is 11.1 Å². The van der Waals surface area contributed by atoms with Crippen molar-refractivity contribution in [2.75, 3.05) is 13.1 Å². The molecular weight excluding hydrogens is 400 g/mol. The Labute approximate surface area is 168 Å². The van der Waals surface area contributed by atoms with Gasteiger partial charge in [0.15, 0.2) is 5.58 Å². The fourth-order valence-corrected chi connectivity index (χ4v) is 5.42. The summed E-state index contributed by atoms with van der Waals surface area (Å²) >= 11 is 5.99. The number of hydrogen-bond acceptors (Lipinski definition) is 4. The first-order valence-electron chi connectivity index (χ1n) is 9.21. The number of rotatable bonds is 3.